The molecule has 2 aromatic rings. The van der Waals surface area contributed by atoms with Gasteiger partial charge in [-0.25, -0.2) is 0 Å². The van der Waals surface area contributed by atoms with Gasteiger partial charge in [0.1, 0.15) is 0 Å². The number of rotatable bonds is 3. The van der Waals surface area contributed by atoms with Crippen LogP contribution in [0.25, 0.3) is 0 Å². The molecule has 21 heavy (non-hydrogen) atoms. The molecule has 1 heterocycles. The molecule has 0 bridgehead atoms. The molecule has 0 radical (unpaired) electrons. The first-order valence-electron chi connectivity index (χ1n) is 7.31. The number of carboxylic acids is 1. The first kappa shape index (κ1) is 13.8. The van der Waals surface area contributed by atoms with Crippen LogP contribution in [0.4, 0.5) is 0 Å². The number of carboxylic acid groups (broad SMARTS) is 1. The van der Waals surface area contributed by atoms with E-state index >= 15 is 0 Å². The SMILES string of the molecule is Cc1cccnc1CC1(C(=O)O)CCc2ccccc2C1. The van der Waals surface area contributed by atoms with Crippen molar-refractivity contribution in [2.75, 3.05) is 0 Å². The summed E-state index contributed by atoms with van der Waals surface area (Å²) in [6.45, 7) is 1.99. The molecular formula is C18H19NO2. The van der Waals surface area contributed by atoms with Gasteiger partial charge >= 0.3 is 5.97 Å². The first-order chi connectivity index (χ1) is 10.1. The van der Waals surface area contributed by atoms with Crippen LogP contribution in [0.5, 0.6) is 0 Å². The number of hydrogen-bond acceptors (Lipinski definition) is 2. The monoisotopic (exact) mass is 281 g/mol. The average molecular weight is 281 g/mol. The number of carbonyl (C=O) groups is 1. The Morgan fingerprint density at radius 3 is 2.71 bits per heavy atom. The fourth-order valence-electron chi connectivity index (χ4n) is 3.23. The minimum atomic E-state index is -0.729. The molecule has 0 saturated carbocycles. The van der Waals surface area contributed by atoms with E-state index in [1.165, 1.54) is 11.1 Å². The third-order valence-electron chi connectivity index (χ3n) is 4.60. The lowest BCUT2D eigenvalue weighted by molar-refractivity contribution is -0.149. The van der Waals surface area contributed by atoms with Crippen LogP contribution in [-0.2, 0) is 24.1 Å². The summed E-state index contributed by atoms with van der Waals surface area (Å²) >= 11 is 0. The zero-order valence-electron chi connectivity index (χ0n) is 12.2. The van der Waals surface area contributed by atoms with Gasteiger partial charge in [-0.15, -0.1) is 0 Å². The number of aliphatic carboxylic acids is 1. The van der Waals surface area contributed by atoms with E-state index in [4.69, 9.17) is 0 Å². The van der Waals surface area contributed by atoms with Gasteiger partial charge in [0.25, 0.3) is 0 Å². The number of benzene rings is 1. The number of fused-ring (bicyclic) bond motifs is 1. The van der Waals surface area contributed by atoms with E-state index in [2.05, 4.69) is 17.1 Å². The van der Waals surface area contributed by atoms with Crippen molar-refractivity contribution in [1.29, 1.82) is 0 Å². The van der Waals surface area contributed by atoms with E-state index in [-0.39, 0.29) is 0 Å². The molecule has 1 N–H and O–H groups in total. The highest BCUT2D eigenvalue weighted by Gasteiger charge is 2.42. The average Bonchev–Trinajstić information content (AvgIpc) is 2.49. The van der Waals surface area contributed by atoms with Crippen molar-refractivity contribution in [1.82, 2.24) is 4.98 Å². The Kier molecular flexibility index (Phi) is 3.50. The second-order valence-corrected chi connectivity index (χ2v) is 5.97. The molecule has 0 spiro atoms. The highest BCUT2D eigenvalue weighted by atomic mass is 16.4. The third kappa shape index (κ3) is 2.56. The maximum absolute atomic E-state index is 12.0. The molecule has 3 rings (SSSR count). The predicted molar refractivity (Wildman–Crippen MR) is 81.2 cm³/mol. The second kappa shape index (κ2) is 5.32. The molecule has 1 aliphatic rings. The molecule has 108 valence electrons. The smallest absolute Gasteiger partial charge is 0.310 e. The Hall–Kier alpha value is -2.16. The summed E-state index contributed by atoms with van der Waals surface area (Å²) in [6.07, 6.45) is 4.34. The van der Waals surface area contributed by atoms with Gasteiger partial charge < -0.3 is 5.11 Å². The number of nitrogens with zero attached hydrogens (tertiary/aromatic N) is 1. The summed E-state index contributed by atoms with van der Waals surface area (Å²) < 4.78 is 0. The van der Waals surface area contributed by atoms with Crippen LogP contribution >= 0.6 is 0 Å². The molecule has 0 saturated heterocycles. The fourth-order valence-corrected chi connectivity index (χ4v) is 3.23. The third-order valence-corrected chi connectivity index (χ3v) is 4.60. The molecule has 3 nitrogen and oxygen atoms in total. The Morgan fingerprint density at radius 2 is 2.00 bits per heavy atom. The minimum absolute atomic E-state index is 0.503. The van der Waals surface area contributed by atoms with Crippen molar-refractivity contribution in [2.24, 2.45) is 5.41 Å². The first-order valence-corrected chi connectivity index (χ1v) is 7.31. The lowest BCUT2D eigenvalue weighted by atomic mass is 9.68. The van der Waals surface area contributed by atoms with E-state index in [9.17, 15) is 9.90 Å². The molecule has 1 aromatic heterocycles. The molecule has 0 aliphatic heterocycles. The Morgan fingerprint density at radius 1 is 1.24 bits per heavy atom. The molecule has 3 heteroatoms. The van der Waals surface area contributed by atoms with Crippen LogP contribution in [0.3, 0.4) is 0 Å². The molecule has 1 aliphatic carbocycles. The zero-order valence-corrected chi connectivity index (χ0v) is 12.2. The van der Waals surface area contributed by atoms with Crippen LogP contribution < -0.4 is 0 Å². The Bertz CT molecular complexity index is 680. The number of pyridine rings is 1. The van der Waals surface area contributed by atoms with Crippen LogP contribution in [0, 0.1) is 12.3 Å². The van der Waals surface area contributed by atoms with Gasteiger partial charge in [-0.05, 0) is 48.9 Å². The highest BCUT2D eigenvalue weighted by molar-refractivity contribution is 5.76. The lowest BCUT2D eigenvalue weighted by Crippen LogP contribution is -2.39. The van der Waals surface area contributed by atoms with Gasteiger partial charge in [-0.2, -0.15) is 0 Å². The molecule has 0 fully saturated rings. The van der Waals surface area contributed by atoms with Crippen LogP contribution in [0.15, 0.2) is 42.6 Å². The normalized spacial score (nSPS) is 20.8. The fraction of sp³-hybridized carbons (Fsp3) is 0.333. The molecule has 0 amide bonds. The van der Waals surface area contributed by atoms with Gasteiger partial charge in [-0.1, -0.05) is 30.3 Å². The number of hydrogen-bond donors (Lipinski definition) is 1. The molecule has 1 atom stereocenters. The van der Waals surface area contributed by atoms with E-state index in [0.717, 1.165) is 17.7 Å². The number of aromatic nitrogens is 1. The van der Waals surface area contributed by atoms with Crippen LogP contribution in [-0.4, -0.2) is 16.1 Å². The lowest BCUT2D eigenvalue weighted by Gasteiger charge is -2.34. The van der Waals surface area contributed by atoms with Gasteiger partial charge in [0.15, 0.2) is 0 Å². The molecular weight excluding hydrogens is 262 g/mol. The van der Waals surface area contributed by atoms with E-state index in [0.29, 0.717) is 19.3 Å². The molecule has 1 aromatic carbocycles. The van der Waals surface area contributed by atoms with Crippen LogP contribution in [0.1, 0.15) is 28.8 Å². The summed E-state index contributed by atoms with van der Waals surface area (Å²) in [5, 5.41) is 9.84. The maximum Gasteiger partial charge on any atom is 0.310 e. The zero-order chi connectivity index (χ0) is 14.9. The Balaban J connectivity index is 1.96. The Labute approximate surface area is 124 Å². The highest BCUT2D eigenvalue weighted by Crippen LogP contribution is 2.38. The maximum atomic E-state index is 12.0. The largest absolute Gasteiger partial charge is 0.481 e. The summed E-state index contributed by atoms with van der Waals surface area (Å²) in [5.41, 5.74) is 3.69. The molecule has 1 unspecified atom stereocenters. The second-order valence-electron chi connectivity index (χ2n) is 5.97. The van der Waals surface area contributed by atoms with Gasteiger partial charge in [0.2, 0.25) is 0 Å². The van der Waals surface area contributed by atoms with Gasteiger partial charge in [-0.3, -0.25) is 9.78 Å². The summed E-state index contributed by atoms with van der Waals surface area (Å²) in [6, 6.07) is 12.1. The number of aryl methyl sites for hydroxylation is 2. The topological polar surface area (TPSA) is 50.2 Å². The van der Waals surface area contributed by atoms with Crippen molar-refractivity contribution < 1.29 is 9.90 Å². The van der Waals surface area contributed by atoms with Gasteiger partial charge in [0.05, 0.1) is 5.41 Å². The van der Waals surface area contributed by atoms with Crippen molar-refractivity contribution in [3.8, 4) is 0 Å². The van der Waals surface area contributed by atoms with E-state index in [1.54, 1.807) is 6.20 Å². The van der Waals surface area contributed by atoms with Crippen molar-refractivity contribution in [2.45, 2.75) is 32.6 Å². The van der Waals surface area contributed by atoms with Crippen LogP contribution in [0.2, 0.25) is 0 Å². The summed E-state index contributed by atoms with van der Waals surface area (Å²) in [5.74, 6) is -0.706. The van der Waals surface area contributed by atoms with E-state index < -0.39 is 11.4 Å². The summed E-state index contributed by atoms with van der Waals surface area (Å²) in [7, 11) is 0. The van der Waals surface area contributed by atoms with Crippen molar-refractivity contribution >= 4 is 5.97 Å². The van der Waals surface area contributed by atoms with Crippen molar-refractivity contribution in [3.63, 3.8) is 0 Å². The quantitative estimate of drug-likeness (QED) is 0.940. The van der Waals surface area contributed by atoms with Crippen molar-refractivity contribution in [3.05, 3.63) is 65.0 Å². The minimum Gasteiger partial charge on any atom is -0.481 e. The standard InChI is InChI=1S/C18H19NO2/c1-13-5-4-10-19-16(13)12-18(17(20)21)9-8-14-6-2-3-7-15(14)11-18/h2-7,10H,8-9,11-12H2,1H3,(H,20,21). The summed E-state index contributed by atoms with van der Waals surface area (Å²) in [4.78, 5) is 16.4. The van der Waals surface area contributed by atoms with E-state index in [1.807, 2.05) is 31.2 Å². The predicted octanol–water partition coefficient (Wildman–Crippen LogP) is 3.19. The van der Waals surface area contributed by atoms with Gasteiger partial charge in [0, 0.05) is 18.3 Å².